The van der Waals surface area contributed by atoms with Gasteiger partial charge in [-0.3, -0.25) is 9.78 Å². The van der Waals surface area contributed by atoms with Crippen molar-refractivity contribution in [1.82, 2.24) is 10.3 Å². The smallest absolute Gasteiger partial charge is 0.303 e. The highest BCUT2D eigenvalue weighted by Gasteiger charge is 2.45. The van der Waals surface area contributed by atoms with E-state index in [0.717, 1.165) is 50.0 Å². The highest BCUT2D eigenvalue weighted by Crippen LogP contribution is 2.50. The van der Waals surface area contributed by atoms with E-state index >= 15 is 0 Å². The van der Waals surface area contributed by atoms with Crippen molar-refractivity contribution < 1.29 is 14.6 Å². The highest BCUT2D eigenvalue weighted by atomic mass is 16.5. The quantitative estimate of drug-likeness (QED) is 0.298. The zero-order valence-electron chi connectivity index (χ0n) is 21.3. The summed E-state index contributed by atoms with van der Waals surface area (Å²) in [4.78, 5) is 15.4. The van der Waals surface area contributed by atoms with Crippen molar-refractivity contribution >= 4 is 5.97 Å². The summed E-state index contributed by atoms with van der Waals surface area (Å²) in [6.45, 7) is 5.14. The normalized spacial score (nSPS) is 16.9. The number of nitrogens with one attached hydrogen (secondary N) is 1. The second-order valence-corrected chi connectivity index (χ2v) is 10.5. The van der Waals surface area contributed by atoms with Crippen LogP contribution >= 0.6 is 0 Å². The van der Waals surface area contributed by atoms with Crippen LogP contribution in [0.3, 0.4) is 0 Å². The number of aromatic nitrogens is 1. The van der Waals surface area contributed by atoms with Crippen LogP contribution in [0.15, 0.2) is 60.9 Å². The molecule has 2 aliphatic carbocycles. The first-order valence-electron chi connectivity index (χ1n) is 13.2. The van der Waals surface area contributed by atoms with Crippen LogP contribution in [0, 0.1) is 6.92 Å². The number of aliphatic carboxylic acids is 1. The summed E-state index contributed by atoms with van der Waals surface area (Å²) >= 11 is 0. The molecule has 0 amide bonds. The lowest BCUT2D eigenvalue weighted by molar-refractivity contribution is -0.137. The minimum absolute atomic E-state index is 0.0775. The number of hydrogen-bond acceptors (Lipinski definition) is 4. The van der Waals surface area contributed by atoms with Gasteiger partial charge in [-0.1, -0.05) is 43.3 Å². The fourth-order valence-corrected chi connectivity index (χ4v) is 5.01. The molecule has 2 aliphatic rings. The van der Waals surface area contributed by atoms with E-state index in [2.05, 4.69) is 66.6 Å². The van der Waals surface area contributed by atoms with Crippen LogP contribution in [-0.2, 0) is 16.9 Å². The third-order valence-corrected chi connectivity index (χ3v) is 7.67. The zero-order chi connectivity index (χ0) is 25.1. The van der Waals surface area contributed by atoms with Gasteiger partial charge in [0.15, 0.2) is 0 Å². The lowest BCUT2D eigenvalue weighted by atomic mass is 9.92. The molecule has 2 fully saturated rings. The molecule has 0 spiro atoms. The van der Waals surface area contributed by atoms with Gasteiger partial charge in [-0.25, -0.2) is 0 Å². The molecule has 2 aromatic carbocycles. The Morgan fingerprint density at radius 2 is 1.97 bits per heavy atom. The number of carbonyl (C=O) groups is 1. The third-order valence-electron chi connectivity index (χ3n) is 7.67. The molecule has 5 nitrogen and oxygen atoms in total. The van der Waals surface area contributed by atoms with Crippen LogP contribution in [0.4, 0.5) is 0 Å². The standard InChI is InChI=1S/C31H36N2O3/c1-21(6-5-9-30(34)35)23-11-10-22(2)24(18-23)19-33-31(15-16-31)28-20-32-17-14-26(28)27-7-3-4-8-29(27)36-25-12-13-25/h3-4,7-8,10-11,14,17-18,20-21,25,33H,5-6,9,12-13,15-16,19H2,1-2H3,(H,34,35). The molecule has 3 aromatic rings. The maximum atomic E-state index is 10.9. The monoisotopic (exact) mass is 484 g/mol. The van der Waals surface area contributed by atoms with Gasteiger partial charge in [-0.05, 0) is 91.3 Å². The second kappa shape index (κ2) is 10.4. The van der Waals surface area contributed by atoms with Gasteiger partial charge in [0.05, 0.1) is 6.10 Å². The number of carboxylic acid groups (broad SMARTS) is 1. The largest absolute Gasteiger partial charge is 0.490 e. The molecule has 1 atom stereocenters. The molecule has 1 heterocycles. The third kappa shape index (κ3) is 5.62. The summed E-state index contributed by atoms with van der Waals surface area (Å²) in [7, 11) is 0. The lowest BCUT2D eigenvalue weighted by Gasteiger charge is -2.23. The van der Waals surface area contributed by atoms with Crippen LogP contribution in [0.25, 0.3) is 11.1 Å². The molecule has 188 valence electrons. The molecule has 36 heavy (non-hydrogen) atoms. The van der Waals surface area contributed by atoms with Gasteiger partial charge in [0.2, 0.25) is 0 Å². The van der Waals surface area contributed by atoms with Crippen molar-refractivity contribution in [3.63, 3.8) is 0 Å². The Bertz CT molecular complexity index is 1230. The van der Waals surface area contributed by atoms with Gasteiger partial charge < -0.3 is 15.2 Å². The van der Waals surface area contributed by atoms with Crippen LogP contribution in [0.2, 0.25) is 0 Å². The first kappa shape index (κ1) is 24.5. The SMILES string of the molecule is Cc1ccc(C(C)CCCC(=O)O)cc1CNC1(c2cnccc2-c2ccccc2OC2CC2)CC1. The average molecular weight is 485 g/mol. The Balaban J connectivity index is 1.34. The van der Waals surface area contributed by atoms with Crippen molar-refractivity contribution in [3.8, 4) is 16.9 Å². The van der Waals surface area contributed by atoms with Gasteiger partial charge in [0, 0.05) is 36.5 Å². The van der Waals surface area contributed by atoms with E-state index in [-0.39, 0.29) is 12.0 Å². The highest BCUT2D eigenvalue weighted by molar-refractivity contribution is 5.74. The van der Waals surface area contributed by atoms with Gasteiger partial charge in [0.1, 0.15) is 5.75 Å². The molecule has 1 aromatic heterocycles. The first-order valence-corrected chi connectivity index (χ1v) is 13.2. The van der Waals surface area contributed by atoms with Crippen molar-refractivity contribution in [2.75, 3.05) is 0 Å². The van der Waals surface area contributed by atoms with E-state index < -0.39 is 5.97 Å². The number of ether oxygens (including phenoxy) is 1. The Kier molecular flexibility index (Phi) is 7.10. The second-order valence-electron chi connectivity index (χ2n) is 10.5. The minimum Gasteiger partial charge on any atom is -0.490 e. The summed E-state index contributed by atoms with van der Waals surface area (Å²) in [6, 6.07) is 17.2. The van der Waals surface area contributed by atoms with Gasteiger partial charge in [-0.15, -0.1) is 0 Å². The Hall–Kier alpha value is -3.18. The molecule has 0 saturated heterocycles. The van der Waals surface area contributed by atoms with E-state index in [1.165, 1.54) is 27.8 Å². The predicted octanol–water partition coefficient (Wildman–Crippen LogP) is 6.74. The van der Waals surface area contributed by atoms with Crippen molar-refractivity contribution in [1.29, 1.82) is 0 Å². The topological polar surface area (TPSA) is 71.5 Å². The van der Waals surface area contributed by atoms with Crippen LogP contribution in [0.5, 0.6) is 5.75 Å². The maximum absolute atomic E-state index is 10.9. The summed E-state index contributed by atoms with van der Waals surface area (Å²) in [6.07, 6.45) is 10.5. The molecule has 1 unspecified atom stereocenters. The molecule has 5 rings (SSSR count). The fraction of sp³-hybridized carbons (Fsp3) is 0.419. The average Bonchev–Trinajstić information content (AvgIpc) is 3.81. The summed E-state index contributed by atoms with van der Waals surface area (Å²) < 4.78 is 6.25. The van der Waals surface area contributed by atoms with Crippen molar-refractivity contribution in [3.05, 3.63) is 83.2 Å². The predicted molar refractivity (Wildman–Crippen MR) is 142 cm³/mol. The first-order chi connectivity index (χ1) is 17.4. The number of benzene rings is 2. The number of para-hydroxylation sites is 1. The van der Waals surface area contributed by atoms with Crippen LogP contribution in [0.1, 0.15) is 80.0 Å². The summed E-state index contributed by atoms with van der Waals surface area (Å²) in [5.74, 6) is 0.581. The number of rotatable bonds is 12. The summed E-state index contributed by atoms with van der Waals surface area (Å²) in [5.41, 5.74) is 7.35. The molecular formula is C31H36N2O3. The molecule has 0 aliphatic heterocycles. The van der Waals surface area contributed by atoms with Crippen LogP contribution < -0.4 is 10.1 Å². The number of carboxylic acids is 1. The molecule has 2 N–H and O–H groups in total. The van der Waals surface area contributed by atoms with Gasteiger partial charge in [0.25, 0.3) is 0 Å². The Morgan fingerprint density at radius 3 is 2.72 bits per heavy atom. The fourth-order valence-electron chi connectivity index (χ4n) is 5.01. The minimum atomic E-state index is -0.720. The zero-order valence-corrected chi connectivity index (χ0v) is 21.3. The van der Waals surface area contributed by atoms with Crippen molar-refractivity contribution in [2.24, 2.45) is 0 Å². The molecule has 5 heteroatoms. The van der Waals surface area contributed by atoms with E-state index in [1.54, 1.807) is 0 Å². The summed E-state index contributed by atoms with van der Waals surface area (Å²) in [5, 5.41) is 12.8. The van der Waals surface area contributed by atoms with E-state index in [9.17, 15) is 4.79 Å². The van der Waals surface area contributed by atoms with Gasteiger partial charge >= 0.3 is 5.97 Å². The Morgan fingerprint density at radius 1 is 1.17 bits per heavy atom. The van der Waals surface area contributed by atoms with E-state index in [0.29, 0.717) is 18.4 Å². The van der Waals surface area contributed by atoms with E-state index in [4.69, 9.17) is 9.84 Å². The molecule has 2 saturated carbocycles. The molecule has 0 bridgehead atoms. The number of aryl methyl sites for hydroxylation is 1. The van der Waals surface area contributed by atoms with E-state index in [1.807, 2.05) is 18.5 Å². The number of pyridine rings is 1. The lowest BCUT2D eigenvalue weighted by Crippen LogP contribution is -2.29. The number of nitrogens with zero attached hydrogens (tertiary/aromatic N) is 1. The van der Waals surface area contributed by atoms with Crippen molar-refractivity contribution in [2.45, 2.75) is 82.9 Å². The van der Waals surface area contributed by atoms with Gasteiger partial charge in [-0.2, -0.15) is 0 Å². The maximum Gasteiger partial charge on any atom is 0.303 e. The molecular weight excluding hydrogens is 448 g/mol. The Labute approximate surface area is 213 Å². The van der Waals surface area contributed by atoms with Crippen LogP contribution in [-0.4, -0.2) is 22.2 Å². The number of hydrogen-bond donors (Lipinski definition) is 2. The molecule has 0 radical (unpaired) electrons.